The molecule has 0 atom stereocenters. The molecule has 0 heterocycles. The van der Waals surface area contributed by atoms with Crippen molar-refractivity contribution in [2.45, 2.75) is 142 Å². The average Bonchev–Trinajstić information content (AvgIpc) is 2.74. The van der Waals surface area contributed by atoms with Gasteiger partial charge in [-0.3, -0.25) is 0 Å². The first-order chi connectivity index (χ1) is 14.2. The molecule has 0 aliphatic carbocycles. The lowest BCUT2D eigenvalue weighted by Crippen LogP contribution is -2.13. The van der Waals surface area contributed by atoms with Crippen LogP contribution in [0.3, 0.4) is 0 Å². The van der Waals surface area contributed by atoms with Crippen LogP contribution in [0.5, 0.6) is 0 Å². The second-order valence-electron chi connectivity index (χ2n) is 8.93. The summed E-state index contributed by atoms with van der Waals surface area (Å²) in [5.74, 6) is 0.266. The van der Waals surface area contributed by atoms with Crippen molar-refractivity contribution in [3.63, 3.8) is 0 Å². The molecule has 0 saturated heterocycles. The van der Waals surface area contributed by atoms with Gasteiger partial charge in [0, 0.05) is 6.08 Å². The molecule has 0 amide bonds. The number of rotatable bonds is 23. The molecule has 0 bridgehead atoms. The van der Waals surface area contributed by atoms with Crippen LogP contribution in [0.2, 0.25) is 0 Å². The zero-order valence-corrected chi connectivity index (χ0v) is 20.0. The molecule has 0 unspecified atom stereocenters. The van der Waals surface area contributed by atoms with E-state index in [9.17, 15) is 4.79 Å². The van der Waals surface area contributed by atoms with Crippen molar-refractivity contribution in [1.82, 2.24) is 0 Å². The highest BCUT2D eigenvalue weighted by atomic mass is 16.5. The molecule has 0 N–H and O–H groups in total. The molecule has 0 aromatic heterocycles. The first-order valence-electron chi connectivity index (χ1n) is 13.0. The fraction of sp³-hybridized carbons (Fsp3) is 0.889. The van der Waals surface area contributed by atoms with E-state index in [-0.39, 0.29) is 5.97 Å². The second-order valence-corrected chi connectivity index (χ2v) is 8.93. The largest absolute Gasteiger partial charge is 0.462 e. The normalized spacial score (nSPS) is 11.1. The maximum Gasteiger partial charge on any atom is 0.330 e. The molecule has 0 aromatic carbocycles. The molecule has 0 aliphatic heterocycles. The SMILES string of the molecule is C=CC(=O)OCC(CCCCCCCCCCC)CCCCCCCCCCC. The van der Waals surface area contributed by atoms with Gasteiger partial charge < -0.3 is 4.74 Å². The van der Waals surface area contributed by atoms with E-state index in [0.717, 1.165) is 0 Å². The van der Waals surface area contributed by atoms with Gasteiger partial charge in [0.2, 0.25) is 0 Å². The van der Waals surface area contributed by atoms with Crippen molar-refractivity contribution in [3.05, 3.63) is 12.7 Å². The molecule has 0 saturated carbocycles. The Bertz CT molecular complexity index is 328. The average molecular weight is 409 g/mol. The van der Waals surface area contributed by atoms with Gasteiger partial charge in [-0.15, -0.1) is 0 Å². The molecule has 0 radical (unpaired) electrons. The number of carbonyl (C=O) groups excluding carboxylic acids is 1. The lowest BCUT2D eigenvalue weighted by Gasteiger charge is -2.16. The summed E-state index contributed by atoms with van der Waals surface area (Å²) in [6.07, 6.45) is 28.3. The third-order valence-corrected chi connectivity index (χ3v) is 6.06. The Hall–Kier alpha value is -0.790. The standard InChI is InChI=1S/C27H52O2/c1-4-7-9-11-13-15-17-19-21-23-26(25-29-27(28)6-3)24-22-20-18-16-14-12-10-8-5-2/h6,26H,3-5,7-25H2,1-2H3. The highest BCUT2D eigenvalue weighted by molar-refractivity contribution is 5.81. The zero-order chi connectivity index (χ0) is 21.4. The minimum absolute atomic E-state index is 0.269. The Balaban J connectivity index is 3.78. The number of ether oxygens (including phenoxy) is 1. The second kappa shape index (κ2) is 23.5. The van der Waals surface area contributed by atoms with Crippen molar-refractivity contribution in [2.75, 3.05) is 6.61 Å². The molecular weight excluding hydrogens is 356 g/mol. The maximum absolute atomic E-state index is 11.4. The molecule has 0 spiro atoms. The van der Waals surface area contributed by atoms with E-state index < -0.39 is 0 Å². The van der Waals surface area contributed by atoms with Gasteiger partial charge in [0.1, 0.15) is 0 Å². The number of unbranched alkanes of at least 4 members (excludes halogenated alkanes) is 16. The summed E-state index contributed by atoms with van der Waals surface area (Å²) in [5.41, 5.74) is 0. The van der Waals surface area contributed by atoms with E-state index in [0.29, 0.717) is 12.5 Å². The fourth-order valence-corrected chi connectivity index (χ4v) is 4.06. The summed E-state index contributed by atoms with van der Waals surface area (Å²) in [6, 6.07) is 0. The van der Waals surface area contributed by atoms with E-state index in [1.807, 2.05) is 0 Å². The van der Waals surface area contributed by atoms with Gasteiger partial charge in [-0.1, -0.05) is 136 Å². The Kier molecular flexibility index (Phi) is 22.8. The van der Waals surface area contributed by atoms with Crippen LogP contribution in [0.15, 0.2) is 12.7 Å². The van der Waals surface area contributed by atoms with E-state index in [2.05, 4.69) is 20.4 Å². The predicted octanol–water partition coefficient (Wildman–Crippen LogP) is 9.17. The minimum Gasteiger partial charge on any atom is -0.462 e. The van der Waals surface area contributed by atoms with Crippen LogP contribution in [-0.4, -0.2) is 12.6 Å². The maximum atomic E-state index is 11.4. The van der Waals surface area contributed by atoms with Crippen LogP contribution in [0, 0.1) is 5.92 Å². The summed E-state index contributed by atoms with van der Waals surface area (Å²) >= 11 is 0. The smallest absolute Gasteiger partial charge is 0.330 e. The molecule has 0 fully saturated rings. The van der Waals surface area contributed by atoms with E-state index in [4.69, 9.17) is 4.74 Å². The first kappa shape index (κ1) is 28.2. The third kappa shape index (κ3) is 21.7. The van der Waals surface area contributed by atoms with E-state index in [1.54, 1.807) is 0 Å². The van der Waals surface area contributed by atoms with Gasteiger partial charge in [-0.25, -0.2) is 4.79 Å². The lowest BCUT2D eigenvalue weighted by molar-refractivity contribution is -0.139. The third-order valence-electron chi connectivity index (χ3n) is 6.06. The van der Waals surface area contributed by atoms with Crippen LogP contribution in [-0.2, 0) is 9.53 Å². The number of hydrogen-bond donors (Lipinski definition) is 0. The molecule has 0 aliphatic rings. The molecule has 172 valence electrons. The predicted molar refractivity (Wildman–Crippen MR) is 128 cm³/mol. The van der Waals surface area contributed by atoms with Gasteiger partial charge >= 0.3 is 5.97 Å². The summed E-state index contributed by atoms with van der Waals surface area (Å²) in [6.45, 7) is 8.64. The van der Waals surface area contributed by atoms with Gasteiger partial charge in [0.15, 0.2) is 0 Å². The quantitative estimate of drug-likeness (QED) is 0.0956. The van der Waals surface area contributed by atoms with Crippen molar-refractivity contribution in [1.29, 1.82) is 0 Å². The summed E-state index contributed by atoms with van der Waals surface area (Å²) in [4.78, 5) is 11.4. The van der Waals surface area contributed by atoms with Gasteiger partial charge in [0.05, 0.1) is 6.61 Å². The van der Waals surface area contributed by atoms with Crippen LogP contribution in [0.4, 0.5) is 0 Å². The van der Waals surface area contributed by atoms with Gasteiger partial charge in [0.25, 0.3) is 0 Å². The Labute approximate surface area is 183 Å². The number of carbonyl (C=O) groups is 1. The van der Waals surface area contributed by atoms with Crippen LogP contribution in [0.25, 0.3) is 0 Å². The molecule has 2 nitrogen and oxygen atoms in total. The summed E-state index contributed by atoms with van der Waals surface area (Å²) < 4.78 is 5.36. The van der Waals surface area contributed by atoms with Crippen LogP contribution >= 0.6 is 0 Å². The van der Waals surface area contributed by atoms with E-state index >= 15 is 0 Å². The highest BCUT2D eigenvalue weighted by Crippen LogP contribution is 2.20. The molecule has 0 aromatic rings. The summed E-state index contributed by atoms with van der Waals surface area (Å²) in [5, 5.41) is 0. The Morgan fingerprint density at radius 1 is 0.655 bits per heavy atom. The molecular formula is C27H52O2. The first-order valence-corrected chi connectivity index (χ1v) is 13.0. The molecule has 29 heavy (non-hydrogen) atoms. The van der Waals surface area contributed by atoms with Crippen LogP contribution < -0.4 is 0 Å². The zero-order valence-electron chi connectivity index (χ0n) is 20.0. The van der Waals surface area contributed by atoms with Crippen molar-refractivity contribution in [2.24, 2.45) is 5.92 Å². The minimum atomic E-state index is -0.269. The topological polar surface area (TPSA) is 26.3 Å². The number of esters is 1. The molecule has 2 heteroatoms. The van der Waals surface area contributed by atoms with Crippen molar-refractivity contribution in [3.8, 4) is 0 Å². The number of hydrogen-bond acceptors (Lipinski definition) is 2. The van der Waals surface area contributed by atoms with Gasteiger partial charge in [-0.05, 0) is 18.8 Å². The van der Waals surface area contributed by atoms with Crippen molar-refractivity contribution >= 4 is 5.97 Å². The Morgan fingerprint density at radius 2 is 1.00 bits per heavy atom. The fourth-order valence-electron chi connectivity index (χ4n) is 4.06. The van der Waals surface area contributed by atoms with Crippen LogP contribution in [0.1, 0.15) is 142 Å². The Morgan fingerprint density at radius 3 is 1.34 bits per heavy atom. The monoisotopic (exact) mass is 408 g/mol. The summed E-state index contributed by atoms with van der Waals surface area (Å²) in [7, 11) is 0. The van der Waals surface area contributed by atoms with Crippen molar-refractivity contribution < 1.29 is 9.53 Å². The van der Waals surface area contributed by atoms with Gasteiger partial charge in [-0.2, -0.15) is 0 Å². The lowest BCUT2D eigenvalue weighted by atomic mass is 9.94. The van der Waals surface area contributed by atoms with E-state index in [1.165, 1.54) is 134 Å². The molecule has 0 rings (SSSR count). The highest BCUT2D eigenvalue weighted by Gasteiger charge is 2.11.